The number of aliphatic hydroxyl groups is 1. The van der Waals surface area contributed by atoms with Crippen molar-refractivity contribution in [2.24, 2.45) is 23.2 Å². The lowest BCUT2D eigenvalue weighted by Crippen LogP contribution is -2.65. The first-order valence-electron chi connectivity index (χ1n) is 12.5. The Hall–Kier alpha value is -1.97. The molecule has 4 fully saturated rings. The molecule has 7 atom stereocenters. The van der Waals surface area contributed by atoms with Crippen molar-refractivity contribution < 1.29 is 24.0 Å². The summed E-state index contributed by atoms with van der Waals surface area (Å²) in [7, 11) is -0.569. The number of pyridine rings is 1. The smallest absolute Gasteiger partial charge is 0.404 e. The second kappa shape index (κ2) is 9.24. The maximum absolute atomic E-state index is 13.3. The molecule has 0 spiro atoms. The first kappa shape index (κ1) is 25.1. The summed E-state index contributed by atoms with van der Waals surface area (Å²) in [4.78, 5) is 29.8. The standard InChI is InChI=1S/C25H38BN3O5/c1-14(2)10-20(26-33-19-12-17-11-18(24(17,4)5)25(19,6)34-26)28-23(32)21(15(3)30)29-22(31)16-8-7-9-27-13-16/h7-9,13-15,17-21,30H,10-12H2,1-6H3,(H,28,32)(H,29,31)/t15-,17-,18-,19-,20+,21+,25+/m1/s1. The zero-order chi connectivity index (χ0) is 24.8. The van der Waals surface area contributed by atoms with Crippen LogP contribution in [0.3, 0.4) is 0 Å². The summed E-state index contributed by atoms with van der Waals surface area (Å²) in [5.74, 6) is 0.0181. The van der Waals surface area contributed by atoms with Crippen LogP contribution in [0.4, 0.5) is 0 Å². The molecule has 34 heavy (non-hydrogen) atoms. The van der Waals surface area contributed by atoms with E-state index in [2.05, 4.69) is 50.2 Å². The van der Waals surface area contributed by atoms with Crippen molar-refractivity contribution in [1.82, 2.24) is 15.6 Å². The molecule has 1 aromatic rings. The van der Waals surface area contributed by atoms with Crippen molar-refractivity contribution in [3.8, 4) is 0 Å². The number of rotatable bonds is 8. The largest absolute Gasteiger partial charge is 0.481 e. The minimum atomic E-state index is -1.12. The molecule has 8 nitrogen and oxygen atoms in total. The average Bonchev–Trinajstić information content (AvgIpc) is 3.13. The van der Waals surface area contributed by atoms with Gasteiger partial charge >= 0.3 is 7.12 Å². The fraction of sp³-hybridized carbons (Fsp3) is 0.720. The minimum absolute atomic E-state index is 0.0127. The number of nitrogens with one attached hydrogen (secondary N) is 2. The van der Waals surface area contributed by atoms with Crippen LogP contribution in [0.1, 0.15) is 71.2 Å². The first-order valence-corrected chi connectivity index (χ1v) is 12.5. The van der Waals surface area contributed by atoms with Crippen molar-refractivity contribution in [2.45, 2.75) is 90.6 Å². The van der Waals surface area contributed by atoms with E-state index in [1.54, 1.807) is 18.3 Å². The molecule has 0 unspecified atom stereocenters. The van der Waals surface area contributed by atoms with Crippen LogP contribution < -0.4 is 10.6 Å². The van der Waals surface area contributed by atoms with Gasteiger partial charge in [-0.15, -0.1) is 0 Å². The predicted molar refractivity (Wildman–Crippen MR) is 129 cm³/mol. The van der Waals surface area contributed by atoms with Crippen molar-refractivity contribution in [3.05, 3.63) is 30.1 Å². The lowest BCUT2D eigenvalue weighted by atomic mass is 9.43. The Bertz CT molecular complexity index is 911. The molecule has 5 rings (SSSR count). The number of hydrogen-bond donors (Lipinski definition) is 3. The fourth-order valence-corrected chi connectivity index (χ4v) is 6.22. The summed E-state index contributed by atoms with van der Waals surface area (Å²) >= 11 is 0. The van der Waals surface area contributed by atoms with E-state index in [4.69, 9.17) is 9.31 Å². The molecule has 2 amide bonds. The first-order chi connectivity index (χ1) is 15.9. The van der Waals surface area contributed by atoms with Crippen LogP contribution in [0.2, 0.25) is 0 Å². The highest BCUT2D eigenvalue weighted by molar-refractivity contribution is 6.48. The maximum atomic E-state index is 13.3. The average molecular weight is 471 g/mol. The van der Waals surface area contributed by atoms with Gasteiger partial charge in [0.15, 0.2) is 0 Å². The van der Waals surface area contributed by atoms with Gasteiger partial charge in [-0.2, -0.15) is 0 Å². The van der Waals surface area contributed by atoms with Crippen LogP contribution in [-0.4, -0.2) is 58.8 Å². The van der Waals surface area contributed by atoms with Gasteiger partial charge < -0.3 is 25.0 Å². The Labute approximate surface area is 202 Å². The summed E-state index contributed by atoms with van der Waals surface area (Å²) in [6, 6.07) is 2.13. The van der Waals surface area contributed by atoms with E-state index in [0.717, 1.165) is 12.8 Å². The van der Waals surface area contributed by atoms with E-state index >= 15 is 0 Å². The van der Waals surface area contributed by atoms with Gasteiger partial charge in [0.25, 0.3) is 5.91 Å². The van der Waals surface area contributed by atoms with Gasteiger partial charge in [-0.3, -0.25) is 14.6 Å². The molecule has 9 heteroatoms. The SMILES string of the molecule is CC(C)C[C@H](NC(=O)[C@@H](NC(=O)c1cccnc1)[C@@H](C)O)B1O[C@@H]2C[C@H]3C[C@H](C3(C)C)[C@]2(C)O1. The third-order valence-electron chi connectivity index (χ3n) is 8.33. The van der Waals surface area contributed by atoms with E-state index in [1.165, 1.54) is 13.1 Å². The Morgan fingerprint density at radius 3 is 2.56 bits per heavy atom. The molecule has 0 radical (unpaired) electrons. The predicted octanol–water partition coefficient (Wildman–Crippen LogP) is 2.36. The van der Waals surface area contributed by atoms with E-state index in [-0.39, 0.29) is 23.0 Å². The van der Waals surface area contributed by atoms with E-state index in [1.807, 2.05) is 0 Å². The monoisotopic (exact) mass is 471 g/mol. The number of carbonyl (C=O) groups is 2. The van der Waals surface area contributed by atoms with Gasteiger partial charge in [0.05, 0.1) is 29.3 Å². The van der Waals surface area contributed by atoms with E-state index in [9.17, 15) is 14.7 Å². The Morgan fingerprint density at radius 1 is 1.24 bits per heavy atom. The molecule has 186 valence electrons. The Balaban J connectivity index is 1.47. The van der Waals surface area contributed by atoms with Crippen molar-refractivity contribution in [1.29, 1.82) is 0 Å². The van der Waals surface area contributed by atoms with Gasteiger partial charge in [-0.05, 0) is 68.4 Å². The molecule has 4 aliphatic rings. The van der Waals surface area contributed by atoms with Crippen LogP contribution in [0, 0.1) is 23.2 Å². The highest BCUT2D eigenvalue weighted by Gasteiger charge is 2.68. The molecule has 3 aliphatic carbocycles. The van der Waals surface area contributed by atoms with Crippen molar-refractivity contribution in [2.75, 3.05) is 0 Å². The molecule has 3 N–H and O–H groups in total. The lowest BCUT2D eigenvalue weighted by Gasteiger charge is -2.64. The molecule has 0 aromatic carbocycles. The molecule has 1 saturated heterocycles. The molecule has 2 bridgehead atoms. The number of carbonyl (C=O) groups excluding carboxylic acids is 2. The van der Waals surface area contributed by atoms with Crippen LogP contribution in [0.5, 0.6) is 0 Å². The molecular formula is C25H38BN3O5. The van der Waals surface area contributed by atoms with Gasteiger partial charge in [-0.1, -0.05) is 27.7 Å². The van der Waals surface area contributed by atoms with Crippen LogP contribution >= 0.6 is 0 Å². The van der Waals surface area contributed by atoms with Crippen molar-refractivity contribution in [3.63, 3.8) is 0 Å². The van der Waals surface area contributed by atoms with Crippen LogP contribution in [0.15, 0.2) is 24.5 Å². The minimum Gasteiger partial charge on any atom is -0.404 e. The number of amides is 2. The zero-order valence-electron chi connectivity index (χ0n) is 21.1. The highest BCUT2D eigenvalue weighted by Crippen LogP contribution is 2.65. The number of nitrogens with zero attached hydrogens (tertiary/aromatic N) is 1. The topological polar surface area (TPSA) is 110 Å². The third-order valence-corrected chi connectivity index (χ3v) is 8.33. The second-order valence-electron chi connectivity index (χ2n) is 11.5. The highest BCUT2D eigenvalue weighted by atomic mass is 16.7. The molecule has 1 aliphatic heterocycles. The quantitative estimate of drug-likeness (QED) is 0.503. The van der Waals surface area contributed by atoms with Gasteiger partial charge in [0.1, 0.15) is 6.04 Å². The third kappa shape index (κ3) is 4.50. The normalized spacial score (nSPS) is 31.8. The van der Waals surface area contributed by atoms with Crippen LogP contribution in [-0.2, 0) is 14.1 Å². The summed E-state index contributed by atoms with van der Waals surface area (Å²) in [6.45, 7) is 12.4. The number of hydrogen-bond acceptors (Lipinski definition) is 6. The fourth-order valence-electron chi connectivity index (χ4n) is 6.22. The molecular weight excluding hydrogens is 433 g/mol. The van der Waals surface area contributed by atoms with Crippen LogP contribution in [0.25, 0.3) is 0 Å². The molecule has 2 heterocycles. The number of aromatic nitrogens is 1. The lowest BCUT2D eigenvalue weighted by molar-refractivity contribution is -0.199. The van der Waals surface area contributed by atoms with Gasteiger partial charge in [-0.25, -0.2) is 0 Å². The zero-order valence-corrected chi connectivity index (χ0v) is 21.1. The number of aliphatic hydroxyl groups excluding tert-OH is 1. The van der Waals surface area contributed by atoms with Gasteiger partial charge in [0, 0.05) is 12.4 Å². The molecule has 3 saturated carbocycles. The second-order valence-corrected chi connectivity index (χ2v) is 11.5. The summed E-state index contributed by atoms with van der Waals surface area (Å²) in [5.41, 5.74) is 0.177. The van der Waals surface area contributed by atoms with Crippen molar-refractivity contribution >= 4 is 18.9 Å². The van der Waals surface area contributed by atoms with E-state index < -0.39 is 37.0 Å². The summed E-state index contributed by atoms with van der Waals surface area (Å²) < 4.78 is 13.0. The van der Waals surface area contributed by atoms with E-state index in [0.29, 0.717) is 23.8 Å². The molecule has 1 aromatic heterocycles. The maximum Gasteiger partial charge on any atom is 0.481 e. The Morgan fingerprint density at radius 2 is 1.97 bits per heavy atom. The summed E-state index contributed by atoms with van der Waals surface area (Å²) in [6.07, 6.45) is 4.69. The Kier molecular flexibility index (Phi) is 6.83. The van der Waals surface area contributed by atoms with Gasteiger partial charge in [0.2, 0.25) is 5.91 Å². The summed E-state index contributed by atoms with van der Waals surface area (Å²) in [5, 5.41) is 16.0.